The second-order valence-electron chi connectivity index (χ2n) is 7.00. The number of hydrogen-bond donors (Lipinski definition) is 1. The summed E-state index contributed by atoms with van der Waals surface area (Å²) >= 11 is 0. The maximum absolute atomic E-state index is 12.9. The molecule has 0 unspecified atom stereocenters. The van der Waals surface area contributed by atoms with Crippen LogP contribution < -0.4 is 10.1 Å². The number of carbonyl (C=O) groups is 1. The molecule has 0 saturated carbocycles. The number of rotatable bonds is 6. The maximum atomic E-state index is 12.9. The zero-order valence-corrected chi connectivity index (χ0v) is 17.1. The second-order valence-corrected chi connectivity index (χ2v) is 8.93. The lowest BCUT2D eigenvalue weighted by Crippen LogP contribution is -2.35. The summed E-state index contributed by atoms with van der Waals surface area (Å²) < 4.78 is 32.6. The summed E-state index contributed by atoms with van der Waals surface area (Å²) in [7, 11) is -2.15. The van der Waals surface area contributed by atoms with Gasteiger partial charge in [-0.1, -0.05) is 36.2 Å². The lowest BCUT2D eigenvalue weighted by Gasteiger charge is -2.26. The van der Waals surface area contributed by atoms with Gasteiger partial charge < -0.3 is 10.1 Å². The lowest BCUT2D eigenvalue weighted by atomic mass is 10.1. The topological polar surface area (TPSA) is 75.7 Å². The number of nitrogens with zero attached hydrogens (tertiary/aromatic N) is 1. The highest BCUT2D eigenvalue weighted by Gasteiger charge is 2.27. The van der Waals surface area contributed by atoms with Crippen LogP contribution >= 0.6 is 0 Å². The van der Waals surface area contributed by atoms with E-state index in [1.165, 1.54) is 29.6 Å². The van der Waals surface area contributed by atoms with E-state index in [0.717, 1.165) is 30.4 Å². The van der Waals surface area contributed by atoms with Crippen molar-refractivity contribution in [3.05, 3.63) is 59.2 Å². The Morgan fingerprint density at radius 3 is 2.39 bits per heavy atom. The Morgan fingerprint density at radius 1 is 1.07 bits per heavy atom. The first-order valence-corrected chi connectivity index (χ1v) is 10.9. The van der Waals surface area contributed by atoms with Crippen LogP contribution in [0, 0.1) is 6.92 Å². The summed E-state index contributed by atoms with van der Waals surface area (Å²) in [6.07, 6.45) is 2.76. The third kappa shape index (κ3) is 4.54. The van der Waals surface area contributed by atoms with Crippen LogP contribution in [0.5, 0.6) is 5.75 Å². The van der Waals surface area contributed by atoms with Gasteiger partial charge in [-0.25, -0.2) is 8.42 Å². The van der Waals surface area contributed by atoms with Crippen molar-refractivity contribution in [3.8, 4) is 5.75 Å². The monoisotopic (exact) mass is 402 g/mol. The normalized spacial score (nSPS) is 15.2. The molecule has 1 heterocycles. The molecule has 2 aromatic rings. The first-order valence-electron chi connectivity index (χ1n) is 9.44. The van der Waals surface area contributed by atoms with Gasteiger partial charge in [-0.15, -0.1) is 0 Å². The number of carbonyl (C=O) groups excluding carboxylic acids is 1. The van der Waals surface area contributed by atoms with Crippen LogP contribution in [0.4, 0.5) is 0 Å². The molecule has 1 fully saturated rings. The third-order valence-corrected chi connectivity index (χ3v) is 6.84. The predicted octanol–water partition coefficient (Wildman–Crippen LogP) is 3.11. The third-order valence-electron chi connectivity index (χ3n) is 4.94. The summed E-state index contributed by atoms with van der Waals surface area (Å²) in [6, 6.07) is 12.3. The van der Waals surface area contributed by atoms with Crippen LogP contribution in [-0.4, -0.2) is 38.8 Å². The molecule has 3 rings (SSSR count). The van der Waals surface area contributed by atoms with Crippen LogP contribution in [-0.2, 0) is 16.6 Å². The van der Waals surface area contributed by atoms with Crippen LogP contribution in [0.25, 0.3) is 0 Å². The summed E-state index contributed by atoms with van der Waals surface area (Å²) in [5, 5.41) is 2.84. The van der Waals surface area contributed by atoms with Gasteiger partial charge in [0.05, 0.1) is 17.6 Å². The zero-order valence-electron chi connectivity index (χ0n) is 16.3. The Morgan fingerprint density at radius 2 is 1.75 bits per heavy atom. The van der Waals surface area contributed by atoms with Gasteiger partial charge in [0.1, 0.15) is 5.75 Å². The average molecular weight is 403 g/mol. The van der Waals surface area contributed by atoms with Crippen molar-refractivity contribution in [2.24, 2.45) is 0 Å². The maximum Gasteiger partial charge on any atom is 0.255 e. The van der Waals surface area contributed by atoms with Crippen LogP contribution in [0.1, 0.15) is 40.7 Å². The molecule has 6 nitrogen and oxygen atoms in total. The molecule has 0 radical (unpaired) electrons. The van der Waals surface area contributed by atoms with Gasteiger partial charge in [0.25, 0.3) is 5.91 Å². The van der Waals surface area contributed by atoms with Gasteiger partial charge >= 0.3 is 0 Å². The fourth-order valence-corrected chi connectivity index (χ4v) is 4.81. The van der Waals surface area contributed by atoms with E-state index in [4.69, 9.17) is 4.74 Å². The number of hydrogen-bond acceptors (Lipinski definition) is 4. The van der Waals surface area contributed by atoms with Gasteiger partial charge in [-0.2, -0.15) is 4.31 Å². The van der Waals surface area contributed by atoms with E-state index in [0.29, 0.717) is 25.4 Å². The molecule has 150 valence electrons. The van der Waals surface area contributed by atoms with Gasteiger partial charge in [0, 0.05) is 19.6 Å². The van der Waals surface area contributed by atoms with E-state index in [9.17, 15) is 13.2 Å². The molecule has 2 aromatic carbocycles. The Kier molecular flexibility index (Phi) is 6.36. The number of amides is 1. The molecule has 1 N–H and O–H groups in total. The molecule has 1 amide bonds. The molecule has 0 aromatic heterocycles. The number of ether oxygens (including phenoxy) is 1. The Hall–Kier alpha value is -2.38. The van der Waals surface area contributed by atoms with E-state index >= 15 is 0 Å². The smallest absolute Gasteiger partial charge is 0.255 e. The van der Waals surface area contributed by atoms with Crippen molar-refractivity contribution in [3.63, 3.8) is 0 Å². The average Bonchev–Trinajstić information content (AvgIpc) is 2.73. The molecule has 1 aliphatic heterocycles. The highest BCUT2D eigenvalue weighted by molar-refractivity contribution is 7.89. The Bertz CT molecular complexity index is 933. The van der Waals surface area contributed by atoms with Gasteiger partial charge in [-0.3, -0.25) is 4.79 Å². The summed E-state index contributed by atoms with van der Waals surface area (Å²) in [5.41, 5.74) is 2.33. The first kappa shape index (κ1) is 20.4. The minimum absolute atomic E-state index is 0.121. The Balaban J connectivity index is 1.82. The number of piperidine rings is 1. The molecule has 0 bridgehead atoms. The standard InChI is InChI=1S/C21H26N2O4S/c1-16-6-8-17(9-7-16)15-22-21(24)19-14-18(10-11-20(19)27-2)28(25,26)23-12-4-3-5-13-23/h6-11,14H,3-5,12-13,15H2,1-2H3,(H,22,24). The minimum atomic E-state index is -3.62. The highest BCUT2D eigenvalue weighted by Crippen LogP contribution is 2.26. The van der Waals surface area contributed by atoms with E-state index < -0.39 is 10.0 Å². The minimum Gasteiger partial charge on any atom is -0.496 e. The number of sulfonamides is 1. The van der Waals surface area contributed by atoms with Crippen LogP contribution in [0.3, 0.4) is 0 Å². The van der Waals surface area contributed by atoms with Crippen molar-refractivity contribution in [2.45, 2.75) is 37.6 Å². The van der Waals surface area contributed by atoms with Gasteiger partial charge in [0.15, 0.2) is 0 Å². The fourth-order valence-electron chi connectivity index (χ4n) is 3.26. The molecule has 0 atom stereocenters. The summed E-state index contributed by atoms with van der Waals surface area (Å²) in [5.74, 6) is -0.0212. The number of methoxy groups -OCH3 is 1. The predicted molar refractivity (Wildman–Crippen MR) is 108 cm³/mol. The van der Waals surface area contributed by atoms with Crippen molar-refractivity contribution >= 4 is 15.9 Å². The lowest BCUT2D eigenvalue weighted by molar-refractivity contribution is 0.0947. The van der Waals surface area contributed by atoms with E-state index in [-0.39, 0.29) is 16.4 Å². The van der Waals surface area contributed by atoms with E-state index in [1.54, 1.807) is 0 Å². The van der Waals surface area contributed by atoms with Crippen LogP contribution in [0.2, 0.25) is 0 Å². The molecular formula is C21H26N2O4S. The molecule has 0 spiro atoms. The van der Waals surface area contributed by atoms with Crippen LogP contribution in [0.15, 0.2) is 47.4 Å². The summed E-state index contributed by atoms with van der Waals surface area (Å²) in [6.45, 7) is 3.39. The largest absolute Gasteiger partial charge is 0.496 e. The van der Waals surface area contributed by atoms with Crippen molar-refractivity contribution in [1.82, 2.24) is 9.62 Å². The van der Waals surface area contributed by atoms with Gasteiger partial charge in [-0.05, 0) is 43.5 Å². The Labute approximate surface area is 166 Å². The summed E-state index contributed by atoms with van der Waals surface area (Å²) in [4.78, 5) is 12.8. The van der Waals surface area contributed by atoms with E-state index in [1.807, 2.05) is 31.2 Å². The quantitative estimate of drug-likeness (QED) is 0.806. The van der Waals surface area contributed by atoms with Crippen molar-refractivity contribution in [1.29, 1.82) is 0 Å². The SMILES string of the molecule is COc1ccc(S(=O)(=O)N2CCCCC2)cc1C(=O)NCc1ccc(C)cc1. The molecule has 28 heavy (non-hydrogen) atoms. The highest BCUT2D eigenvalue weighted by atomic mass is 32.2. The molecular weight excluding hydrogens is 376 g/mol. The first-order chi connectivity index (χ1) is 13.4. The molecule has 1 aliphatic rings. The molecule has 7 heteroatoms. The zero-order chi connectivity index (χ0) is 20.1. The number of benzene rings is 2. The second kappa shape index (κ2) is 8.75. The number of nitrogens with one attached hydrogen (secondary N) is 1. The molecule has 0 aliphatic carbocycles. The van der Waals surface area contributed by atoms with Gasteiger partial charge in [0.2, 0.25) is 10.0 Å². The van der Waals surface area contributed by atoms with E-state index in [2.05, 4.69) is 5.32 Å². The fraction of sp³-hybridized carbons (Fsp3) is 0.381. The van der Waals surface area contributed by atoms with Crippen molar-refractivity contribution < 1.29 is 17.9 Å². The molecule has 1 saturated heterocycles. The number of aryl methyl sites for hydroxylation is 1. The van der Waals surface area contributed by atoms with Crippen molar-refractivity contribution in [2.75, 3.05) is 20.2 Å².